The van der Waals surface area contributed by atoms with Crippen LogP contribution in [0.2, 0.25) is 0 Å². The van der Waals surface area contributed by atoms with Crippen molar-refractivity contribution < 1.29 is 18.7 Å². The summed E-state index contributed by atoms with van der Waals surface area (Å²) in [5.74, 6) is -0.326. The van der Waals surface area contributed by atoms with Gasteiger partial charge in [-0.1, -0.05) is 29.8 Å². The van der Waals surface area contributed by atoms with Gasteiger partial charge in [-0.3, -0.25) is 9.59 Å². The van der Waals surface area contributed by atoms with Gasteiger partial charge < -0.3 is 15.0 Å². The minimum atomic E-state index is -0.351. The van der Waals surface area contributed by atoms with Gasteiger partial charge in [0.25, 0.3) is 11.8 Å². The van der Waals surface area contributed by atoms with Crippen LogP contribution < -0.4 is 10.1 Å². The predicted molar refractivity (Wildman–Crippen MR) is 132 cm³/mol. The fraction of sp³-hybridized carbons (Fsp3) is 0.148. The fourth-order valence-electron chi connectivity index (χ4n) is 3.30. The molecule has 0 bridgehead atoms. The summed E-state index contributed by atoms with van der Waals surface area (Å²) in [5.41, 5.74) is 3.95. The maximum absolute atomic E-state index is 13.4. The number of halogens is 1. The van der Waals surface area contributed by atoms with Crippen LogP contribution in [-0.4, -0.2) is 47.2 Å². The minimum Gasteiger partial charge on any atom is -0.484 e. The molecule has 0 fully saturated rings. The normalized spacial score (nSPS) is 10.6. The molecule has 0 saturated carbocycles. The summed E-state index contributed by atoms with van der Waals surface area (Å²) >= 11 is 0. The van der Waals surface area contributed by atoms with Crippen LogP contribution in [-0.2, 0) is 4.79 Å². The van der Waals surface area contributed by atoms with Crippen LogP contribution in [0.1, 0.15) is 15.9 Å². The zero-order valence-corrected chi connectivity index (χ0v) is 19.7. The number of amides is 2. The van der Waals surface area contributed by atoms with Crippen molar-refractivity contribution in [3.05, 3.63) is 95.9 Å². The summed E-state index contributed by atoms with van der Waals surface area (Å²) < 4.78 is 20.4. The Morgan fingerprint density at radius 1 is 0.971 bits per heavy atom. The molecule has 4 aromatic rings. The highest BCUT2D eigenvalue weighted by Gasteiger charge is 2.19. The van der Waals surface area contributed by atoms with E-state index in [-0.39, 0.29) is 24.2 Å². The highest BCUT2D eigenvalue weighted by atomic mass is 19.1. The molecule has 7 nitrogen and oxygen atoms in total. The summed E-state index contributed by atoms with van der Waals surface area (Å²) in [6, 6.07) is 20.4. The van der Waals surface area contributed by atoms with E-state index in [2.05, 4.69) is 10.4 Å². The third-order valence-electron chi connectivity index (χ3n) is 5.35. The second-order valence-electron chi connectivity index (χ2n) is 8.23. The van der Waals surface area contributed by atoms with Gasteiger partial charge in [0, 0.05) is 31.5 Å². The Kier molecular flexibility index (Phi) is 6.91. The summed E-state index contributed by atoms with van der Waals surface area (Å²) in [4.78, 5) is 26.4. The Bertz CT molecular complexity index is 1330. The Morgan fingerprint density at radius 2 is 1.63 bits per heavy atom. The molecule has 1 heterocycles. The van der Waals surface area contributed by atoms with Crippen molar-refractivity contribution in [3.63, 3.8) is 0 Å². The Labute approximate surface area is 202 Å². The van der Waals surface area contributed by atoms with E-state index >= 15 is 0 Å². The van der Waals surface area contributed by atoms with E-state index in [0.717, 1.165) is 11.1 Å². The molecule has 0 atom stereocenters. The molecule has 0 aliphatic rings. The molecule has 35 heavy (non-hydrogen) atoms. The lowest BCUT2D eigenvalue weighted by molar-refractivity contribution is -0.130. The number of aromatic nitrogens is 2. The van der Waals surface area contributed by atoms with Crippen LogP contribution in [0.5, 0.6) is 5.75 Å². The number of likely N-dealkylation sites (N-methyl/N-ethyl adjacent to an activating group) is 1. The lowest BCUT2D eigenvalue weighted by Gasteiger charge is -2.11. The van der Waals surface area contributed by atoms with Crippen molar-refractivity contribution in [1.29, 1.82) is 0 Å². The van der Waals surface area contributed by atoms with E-state index in [0.29, 0.717) is 28.4 Å². The number of carbonyl (C=O) groups is 2. The summed E-state index contributed by atoms with van der Waals surface area (Å²) in [7, 11) is 3.32. The SMILES string of the molecule is Cc1ccc(-c2nn(-c3ccc(F)cc3)cc2C(=O)Nc2ccc(OCC(=O)N(C)C)cc2)cc1. The van der Waals surface area contributed by atoms with Crippen molar-refractivity contribution in [1.82, 2.24) is 14.7 Å². The summed E-state index contributed by atoms with van der Waals surface area (Å²) in [6.07, 6.45) is 1.63. The number of benzene rings is 3. The van der Waals surface area contributed by atoms with E-state index in [4.69, 9.17) is 4.74 Å². The van der Waals surface area contributed by atoms with E-state index in [1.165, 1.54) is 17.0 Å². The second kappa shape index (κ2) is 10.2. The first-order valence-electron chi connectivity index (χ1n) is 11.0. The highest BCUT2D eigenvalue weighted by Crippen LogP contribution is 2.26. The largest absolute Gasteiger partial charge is 0.484 e. The van der Waals surface area contributed by atoms with Gasteiger partial charge in [0.1, 0.15) is 17.3 Å². The number of hydrogen-bond acceptors (Lipinski definition) is 4. The number of aryl methyl sites for hydroxylation is 1. The van der Waals surface area contributed by atoms with Crippen LogP contribution in [0, 0.1) is 12.7 Å². The molecule has 0 saturated heterocycles. The van der Waals surface area contributed by atoms with Gasteiger partial charge in [0.2, 0.25) is 0 Å². The van der Waals surface area contributed by atoms with Gasteiger partial charge >= 0.3 is 0 Å². The zero-order valence-electron chi connectivity index (χ0n) is 19.7. The highest BCUT2D eigenvalue weighted by molar-refractivity contribution is 6.08. The van der Waals surface area contributed by atoms with Crippen LogP contribution in [0.3, 0.4) is 0 Å². The van der Waals surface area contributed by atoms with Crippen LogP contribution in [0.15, 0.2) is 79.0 Å². The number of anilines is 1. The third kappa shape index (κ3) is 5.73. The van der Waals surface area contributed by atoms with E-state index < -0.39 is 0 Å². The van der Waals surface area contributed by atoms with Crippen molar-refractivity contribution in [2.45, 2.75) is 6.92 Å². The molecule has 0 aliphatic carbocycles. The number of ether oxygens (including phenoxy) is 1. The van der Waals surface area contributed by atoms with Gasteiger partial charge in [-0.25, -0.2) is 9.07 Å². The predicted octanol–water partition coefficient (Wildman–Crippen LogP) is 4.71. The van der Waals surface area contributed by atoms with E-state index in [1.54, 1.807) is 61.4 Å². The molecule has 2 amide bonds. The van der Waals surface area contributed by atoms with Crippen molar-refractivity contribution in [2.75, 3.05) is 26.0 Å². The molecule has 4 rings (SSSR count). The Morgan fingerprint density at radius 3 is 2.26 bits per heavy atom. The summed E-state index contributed by atoms with van der Waals surface area (Å²) in [5, 5.41) is 7.50. The van der Waals surface area contributed by atoms with Crippen LogP contribution >= 0.6 is 0 Å². The van der Waals surface area contributed by atoms with Gasteiger partial charge in [0.15, 0.2) is 6.61 Å². The Hall–Kier alpha value is -4.46. The minimum absolute atomic E-state index is 0.0683. The smallest absolute Gasteiger partial charge is 0.259 e. The lowest BCUT2D eigenvalue weighted by Crippen LogP contribution is -2.27. The molecule has 0 aliphatic heterocycles. The molecule has 0 radical (unpaired) electrons. The molecule has 0 spiro atoms. The van der Waals surface area contributed by atoms with Gasteiger partial charge in [-0.2, -0.15) is 5.10 Å². The van der Waals surface area contributed by atoms with Gasteiger partial charge in [-0.15, -0.1) is 0 Å². The zero-order chi connectivity index (χ0) is 24.9. The standard InChI is InChI=1S/C27H25FN4O3/c1-18-4-6-19(7-5-18)26-24(16-32(30-26)22-12-8-20(28)9-13-22)27(34)29-21-10-14-23(15-11-21)35-17-25(33)31(2)3/h4-16H,17H2,1-3H3,(H,29,34). The maximum atomic E-state index is 13.4. The summed E-state index contributed by atoms with van der Waals surface area (Å²) in [6.45, 7) is 1.92. The van der Waals surface area contributed by atoms with Crippen LogP contribution in [0.4, 0.5) is 10.1 Å². The van der Waals surface area contributed by atoms with E-state index in [1.807, 2.05) is 31.2 Å². The van der Waals surface area contributed by atoms with Gasteiger partial charge in [-0.05, 0) is 55.5 Å². The molecule has 178 valence electrons. The number of carbonyl (C=O) groups excluding carboxylic acids is 2. The number of nitrogens with zero attached hydrogens (tertiary/aromatic N) is 3. The topological polar surface area (TPSA) is 76.5 Å². The first-order chi connectivity index (χ1) is 16.8. The first-order valence-corrected chi connectivity index (χ1v) is 11.0. The molecule has 8 heteroatoms. The number of nitrogens with one attached hydrogen (secondary N) is 1. The Balaban J connectivity index is 1.58. The lowest BCUT2D eigenvalue weighted by atomic mass is 10.1. The molecule has 3 aromatic carbocycles. The first kappa shape index (κ1) is 23.7. The molecular formula is C27H25FN4O3. The molecular weight excluding hydrogens is 447 g/mol. The van der Waals surface area contributed by atoms with Crippen molar-refractivity contribution >= 4 is 17.5 Å². The van der Waals surface area contributed by atoms with E-state index in [9.17, 15) is 14.0 Å². The molecule has 0 unspecified atom stereocenters. The maximum Gasteiger partial charge on any atom is 0.259 e. The van der Waals surface area contributed by atoms with Crippen molar-refractivity contribution in [3.8, 4) is 22.7 Å². The fourth-order valence-corrected chi connectivity index (χ4v) is 3.30. The van der Waals surface area contributed by atoms with Gasteiger partial charge in [0.05, 0.1) is 11.3 Å². The van der Waals surface area contributed by atoms with Crippen LogP contribution in [0.25, 0.3) is 16.9 Å². The quantitative estimate of drug-likeness (QED) is 0.423. The molecule has 1 aromatic heterocycles. The number of rotatable bonds is 7. The van der Waals surface area contributed by atoms with Crippen molar-refractivity contribution in [2.24, 2.45) is 0 Å². The average Bonchev–Trinajstić information content (AvgIpc) is 3.30. The average molecular weight is 473 g/mol. The molecule has 1 N–H and O–H groups in total. The monoisotopic (exact) mass is 472 g/mol. The number of hydrogen-bond donors (Lipinski definition) is 1. The second-order valence-corrected chi connectivity index (χ2v) is 8.23. The third-order valence-corrected chi connectivity index (χ3v) is 5.35.